The lowest BCUT2D eigenvalue weighted by molar-refractivity contribution is -0.387. The van der Waals surface area contributed by atoms with Gasteiger partial charge in [0.2, 0.25) is 0 Å². The summed E-state index contributed by atoms with van der Waals surface area (Å²) in [5, 5.41) is 9.38. The SMILES string of the molecule is CCCC(=O)CCC1CCC(C(O)(C(F)(F)F)C(F)(F)F)CC1. The standard InChI is InChI=1S/C15H22F6O2/c1-2-3-12(22)9-6-10-4-7-11(8-5-10)13(23,14(16,17)18)15(19,20)21/h10-11,23H,2-9H2,1H3. The Morgan fingerprint density at radius 3 is 1.83 bits per heavy atom. The smallest absolute Gasteiger partial charge is 0.373 e. The van der Waals surface area contributed by atoms with Crippen molar-refractivity contribution in [1.82, 2.24) is 0 Å². The van der Waals surface area contributed by atoms with Crippen molar-refractivity contribution in [3.8, 4) is 0 Å². The molecular formula is C15H22F6O2. The number of alkyl halides is 6. The molecule has 0 saturated heterocycles. The highest BCUT2D eigenvalue weighted by molar-refractivity contribution is 5.78. The number of hydrogen-bond donors (Lipinski definition) is 1. The number of rotatable bonds is 6. The van der Waals surface area contributed by atoms with Crippen LogP contribution in [0, 0.1) is 11.8 Å². The Balaban J connectivity index is 2.65. The molecule has 1 N–H and O–H groups in total. The second kappa shape index (κ2) is 7.40. The van der Waals surface area contributed by atoms with Gasteiger partial charge in [0.05, 0.1) is 0 Å². The predicted molar refractivity (Wildman–Crippen MR) is 71.7 cm³/mol. The van der Waals surface area contributed by atoms with Crippen molar-refractivity contribution in [2.45, 2.75) is 76.2 Å². The summed E-state index contributed by atoms with van der Waals surface area (Å²) in [4.78, 5) is 11.4. The van der Waals surface area contributed by atoms with Gasteiger partial charge >= 0.3 is 12.4 Å². The van der Waals surface area contributed by atoms with E-state index in [4.69, 9.17) is 0 Å². The van der Waals surface area contributed by atoms with Crippen LogP contribution in [0.15, 0.2) is 0 Å². The lowest BCUT2D eigenvalue weighted by Crippen LogP contribution is -2.62. The highest BCUT2D eigenvalue weighted by Crippen LogP contribution is 2.52. The minimum absolute atomic E-state index is 0.0576. The molecule has 1 saturated carbocycles. The fraction of sp³-hybridized carbons (Fsp3) is 0.933. The summed E-state index contributed by atoms with van der Waals surface area (Å²) in [5.74, 6) is -1.88. The van der Waals surface area contributed by atoms with Gasteiger partial charge in [0.15, 0.2) is 0 Å². The van der Waals surface area contributed by atoms with E-state index in [9.17, 15) is 36.2 Å². The summed E-state index contributed by atoms with van der Waals surface area (Å²) in [6, 6.07) is 0. The van der Waals surface area contributed by atoms with Crippen LogP contribution in [-0.2, 0) is 4.79 Å². The van der Waals surface area contributed by atoms with Gasteiger partial charge in [-0.3, -0.25) is 4.79 Å². The summed E-state index contributed by atoms with van der Waals surface area (Å²) in [6.45, 7) is 1.86. The second-order valence-electron chi connectivity index (χ2n) is 6.31. The topological polar surface area (TPSA) is 37.3 Å². The van der Waals surface area contributed by atoms with Gasteiger partial charge in [0.25, 0.3) is 5.60 Å². The van der Waals surface area contributed by atoms with Gasteiger partial charge in [-0.05, 0) is 31.6 Å². The first-order valence-corrected chi connectivity index (χ1v) is 7.81. The molecule has 0 atom stereocenters. The molecule has 0 spiro atoms. The summed E-state index contributed by atoms with van der Waals surface area (Å²) in [6.07, 6.45) is -9.90. The molecule has 0 radical (unpaired) electrons. The molecule has 0 aromatic carbocycles. The van der Waals surface area contributed by atoms with Crippen molar-refractivity contribution < 1.29 is 36.2 Å². The van der Waals surface area contributed by atoms with Crippen molar-refractivity contribution in [2.75, 3.05) is 0 Å². The zero-order valence-electron chi connectivity index (χ0n) is 12.9. The molecule has 0 aromatic heterocycles. The third-order valence-corrected chi connectivity index (χ3v) is 4.66. The van der Waals surface area contributed by atoms with Crippen molar-refractivity contribution in [3.63, 3.8) is 0 Å². The molecule has 2 nitrogen and oxygen atoms in total. The van der Waals surface area contributed by atoms with Gasteiger partial charge in [0.1, 0.15) is 5.78 Å². The van der Waals surface area contributed by atoms with E-state index in [-0.39, 0.29) is 37.4 Å². The molecule has 1 fully saturated rings. The summed E-state index contributed by atoms with van der Waals surface area (Å²) >= 11 is 0. The lowest BCUT2D eigenvalue weighted by atomic mass is 9.71. The average Bonchev–Trinajstić information content (AvgIpc) is 2.42. The first kappa shape index (κ1) is 20.3. The van der Waals surface area contributed by atoms with Gasteiger partial charge < -0.3 is 5.11 Å². The van der Waals surface area contributed by atoms with Crippen molar-refractivity contribution in [2.24, 2.45) is 11.8 Å². The Bertz CT molecular complexity index is 380. The number of carbonyl (C=O) groups excluding carboxylic acids is 1. The first-order valence-electron chi connectivity index (χ1n) is 7.81. The van der Waals surface area contributed by atoms with E-state index in [0.29, 0.717) is 19.3 Å². The zero-order chi connectivity index (χ0) is 17.9. The minimum Gasteiger partial charge on any atom is -0.373 e. The molecule has 0 aliphatic heterocycles. The van der Waals surface area contributed by atoms with Crippen molar-refractivity contribution in [1.29, 1.82) is 0 Å². The highest BCUT2D eigenvalue weighted by Gasteiger charge is 2.73. The minimum atomic E-state index is -5.75. The maximum Gasteiger partial charge on any atom is 0.426 e. The molecule has 8 heteroatoms. The molecule has 23 heavy (non-hydrogen) atoms. The maximum absolute atomic E-state index is 12.8. The van der Waals surface area contributed by atoms with Crippen LogP contribution in [0.3, 0.4) is 0 Å². The van der Waals surface area contributed by atoms with Crippen molar-refractivity contribution in [3.05, 3.63) is 0 Å². The normalized spacial score (nSPS) is 23.8. The predicted octanol–water partition coefficient (Wildman–Crippen LogP) is 4.80. The Kier molecular flexibility index (Phi) is 6.52. The molecule has 1 aliphatic rings. The molecule has 0 amide bonds. The third kappa shape index (κ3) is 4.61. The Hall–Kier alpha value is -0.790. The summed E-state index contributed by atoms with van der Waals surface area (Å²) in [7, 11) is 0. The quantitative estimate of drug-likeness (QED) is 0.700. The maximum atomic E-state index is 12.8. The molecule has 0 heterocycles. The number of hydrogen-bond acceptors (Lipinski definition) is 2. The van der Waals surface area contributed by atoms with Crippen LogP contribution in [0.5, 0.6) is 0 Å². The molecule has 0 aromatic rings. The number of Topliss-reactive ketones (excluding diaryl/α,β-unsaturated/α-hetero) is 1. The molecule has 1 aliphatic carbocycles. The number of aliphatic hydroxyl groups is 1. The second-order valence-corrected chi connectivity index (χ2v) is 6.31. The van der Waals surface area contributed by atoms with Crippen LogP contribution < -0.4 is 0 Å². The van der Waals surface area contributed by atoms with Gasteiger partial charge in [-0.25, -0.2) is 0 Å². The summed E-state index contributed by atoms with van der Waals surface area (Å²) < 4.78 is 76.8. The van der Waals surface area contributed by atoms with E-state index in [1.807, 2.05) is 6.92 Å². The van der Waals surface area contributed by atoms with Crippen LogP contribution in [0.25, 0.3) is 0 Å². The molecular weight excluding hydrogens is 326 g/mol. The monoisotopic (exact) mass is 348 g/mol. The Morgan fingerprint density at radius 1 is 0.957 bits per heavy atom. The van der Waals surface area contributed by atoms with E-state index in [1.165, 1.54) is 0 Å². The Morgan fingerprint density at radius 2 is 1.43 bits per heavy atom. The van der Waals surface area contributed by atoms with Gasteiger partial charge in [0, 0.05) is 18.8 Å². The number of ketones is 1. The molecule has 136 valence electrons. The molecule has 1 rings (SSSR count). The third-order valence-electron chi connectivity index (χ3n) is 4.66. The fourth-order valence-electron chi connectivity index (χ4n) is 3.26. The first-order chi connectivity index (χ1) is 10.4. The van der Waals surface area contributed by atoms with E-state index in [1.54, 1.807) is 0 Å². The molecule has 0 bridgehead atoms. The van der Waals surface area contributed by atoms with E-state index < -0.39 is 23.9 Å². The Labute approximate surface area is 131 Å². The zero-order valence-corrected chi connectivity index (χ0v) is 12.9. The van der Waals surface area contributed by atoms with E-state index in [0.717, 1.165) is 6.42 Å². The van der Waals surface area contributed by atoms with E-state index >= 15 is 0 Å². The number of carbonyl (C=O) groups is 1. The van der Waals surface area contributed by atoms with Gasteiger partial charge in [-0.15, -0.1) is 0 Å². The van der Waals surface area contributed by atoms with Crippen LogP contribution in [0.1, 0.15) is 58.3 Å². The van der Waals surface area contributed by atoms with Crippen LogP contribution in [-0.4, -0.2) is 28.8 Å². The lowest BCUT2D eigenvalue weighted by Gasteiger charge is -2.42. The van der Waals surface area contributed by atoms with Gasteiger partial charge in [-0.2, -0.15) is 26.3 Å². The fourth-order valence-corrected chi connectivity index (χ4v) is 3.26. The average molecular weight is 348 g/mol. The highest BCUT2D eigenvalue weighted by atomic mass is 19.4. The van der Waals surface area contributed by atoms with E-state index in [2.05, 4.69) is 0 Å². The summed E-state index contributed by atoms with van der Waals surface area (Å²) in [5.41, 5.74) is -4.65. The van der Waals surface area contributed by atoms with Crippen LogP contribution in [0.4, 0.5) is 26.3 Å². The van der Waals surface area contributed by atoms with Crippen LogP contribution >= 0.6 is 0 Å². The largest absolute Gasteiger partial charge is 0.426 e. The van der Waals surface area contributed by atoms with Crippen molar-refractivity contribution >= 4 is 5.78 Å². The number of halogens is 6. The molecule has 0 unspecified atom stereocenters. The van der Waals surface area contributed by atoms with Gasteiger partial charge in [-0.1, -0.05) is 19.8 Å². The van der Waals surface area contributed by atoms with Crippen LogP contribution in [0.2, 0.25) is 0 Å².